The number of piperidine rings is 1. The second-order valence-corrected chi connectivity index (χ2v) is 6.60. The van der Waals surface area contributed by atoms with Crippen molar-refractivity contribution in [1.82, 2.24) is 4.98 Å². The number of aliphatic hydroxyl groups excluding tert-OH is 1. The molecule has 2 aliphatic heterocycles. The van der Waals surface area contributed by atoms with Gasteiger partial charge >= 0.3 is 0 Å². The predicted molar refractivity (Wildman–Crippen MR) is 86.9 cm³/mol. The summed E-state index contributed by atoms with van der Waals surface area (Å²) >= 11 is 0. The molecule has 0 spiro atoms. The minimum Gasteiger partial charge on any atom is -0.392 e. The summed E-state index contributed by atoms with van der Waals surface area (Å²) in [7, 11) is 0. The molecule has 6 heteroatoms. The quantitative estimate of drug-likeness (QED) is 0.868. The summed E-state index contributed by atoms with van der Waals surface area (Å²) in [5.41, 5.74) is 7.16. The van der Waals surface area contributed by atoms with E-state index < -0.39 is 6.10 Å². The number of aliphatic hydroxyl groups is 1. The first kappa shape index (κ1) is 16.2. The van der Waals surface area contributed by atoms with Crippen LogP contribution in [0.15, 0.2) is 12.1 Å². The molecule has 2 aliphatic rings. The van der Waals surface area contributed by atoms with Gasteiger partial charge < -0.3 is 20.5 Å². The number of pyridine rings is 1. The number of aryl methyl sites for hydroxylation is 1. The third-order valence-corrected chi connectivity index (χ3v) is 4.94. The van der Waals surface area contributed by atoms with E-state index in [1.807, 2.05) is 19.1 Å². The minimum absolute atomic E-state index is 0.0389. The molecule has 1 aromatic heterocycles. The van der Waals surface area contributed by atoms with Crippen LogP contribution in [0.3, 0.4) is 0 Å². The van der Waals surface area contributed by atoms with Crippen molar-refractivity contribution in [2.75, 3.05) is 18.0 Å². The monoisotopic (exact) mass is 319 g/mol. The van der Waals surface area contributed by atoms with Crippen LogP contribution in [0.2, 0.25) is 0 Å². The standard InChI is InChI=1S/C17H25N3O3/c1-11-8-12(10-21)9-16(19-11)20-6-4-13(5-7-20)14-2-3-15(23-14)17(18)22/h8-9,13-15,21H,2-7,10H2,1H3,(H2,18,22)/t14-,15+/m0/s1. The molecular formula is C17H25N3O3. The second kappa shape index (κ2) is 6.84. The van der Waals surface area contributed by atoms with Crippen molar-refractivity contribution in [2.24, 2.45) is 11.7 Å². The van der Waals surface area contributed by atoms with Gasteiger partial charge in [-0.1, -0.05) is 0 Å². The zero-order valence-electron chi connectivity index (χ0n) is 13.6. The zero-order valence-corrected chi connectivity index (χ0v) is 13.6. The van der Waals surface area contributed by atoms with Gasteiger partial charge in [-0.2, -0.15) is 0 Å². The number of hydrogen-bond acceptors (Lipinski definition) is 5. The first-order valence-corrected chi connectivity index (χ1v) is 8.35. The van der Waals surface area contributed by atoms with E-state index in [0.29, 0.717) is 5.92 Å². The van der Waals surface area contributed by atoms with E-state index in [4.69, 9.17) is 10.5 Å². The molecule has 0 radical (unpaired) electrons. The van der Waals surface area contributed by atoms with Gasteiger partial charge in [0.1, 0.15) is 11.9 Å². The van der Waals surface area contributed by atoms with Crippen molar-refractivity contribution in [3.63, 3.8) is 0 Å². The highest BCUT2D eigenvalue weighted by molar-refractivity contribution is 5.79. The van der Waals surface area contributed by atoms with Gasteiger partial charge in [0, 0.05) is 18.8 Å². The van der Waals surface area contributed by atoms with Crippen LogP contribution in [-0.2, 0) is 16.1 Å². The summed E-state index contributed by atoms with van der Waals surface area (Å²) in [6, 6.07) is 3.87. The van der Waals surface area contributed by atoms with Crippen LogP contribution < -0.4 is 10.6 Å². The molecule has 1 aromatic rings. The summed E-state index contributed by atoms with van der Waals surface area (Å²) < 4.78 is 5.82. The number of carbonyl (C=O) groups is 1. The van der Waals surface area contributed by atoms with Gasteiger partial charge in [0.2, 0.25) is 5.91 Å². The number of amides is 1. The fraction of sp³-hybridized carbons (Fsp3) is 0.647. The third kappa shape index (κ3) is 3.64. The molecule has 0 bridgehead atoms. The lowest BCUT2D eigenvalue weighted by molar-refractivity contribution is -0.130. The maximum atomic E-state index is 11.2. The van der Waals surface area contributed by atoms with Crippen molar-refractivity contribution >= 4 is 11.7 Å². The Bertz CT molecular complexity index is 570. The number of aromatic nitrogens is 1. The average molecular weight is 319 g/mol. The Hall–Kier alpha value is -1.66. The van der Waals surface area contributed by atoms with Crippen LogP contribution in [0.5, 0.6) is 0 Å². The SMILES string of the molecule is Cc1cc(CO)cc(N2CCC([C@@H]3CC[C@H](C(N)=O)O3)CC2)n1. The minimum atomic E-state index is -0.399. The lowest BCUT2D eigenvalue weighted by Gasteiger charge is -2.35. The Morgan fingerprint density at radius 3 is 2.70 bits per heavy atom. The van der Waals surface area contributed by atoms with Gasteiger partial charge in [0.15, 0.2) is 0 Å². The highest BCUT2D eigenvalue weighted by Gasteiger charge is 2.35. The van der Waals surface area contributed by atoms with E-state index in [1.165, 1.54) is 0 Å². The Kier molecular flexibility index (Phi) is 4.82. The van der Waals surface area contributed by atoms with Crippen LogP contribution in [0.4, 0.5) is 5.82 Å². The lowest BCUT2D eigenvalue weighted by Crippen LogP contribution is -2.39. The van der Waals surface area contributed by atoms with Gasteiger partial charge in [-0.15, -0.1) is 0 Å². The number of nitrogens with two attached hydrogens (primary N) is 1. The number of hydrogen-bond donors (Lipinski definition) is 2. The molecule has 6 nitrogen and oxygen atoms in total. The van der Waals surface area contributed by atoms with E-state index in [2.05, 4.69) is 9.88 Å². The topological polar surface area (TPSA) is 88.7 Å². The lowest BCUT2D eigenvalue weighted by atomic mass is 9.89. The van der Waals surface area contributed by atoms with Crippen LogP contribution in [0.1, 0.15) is 36.9 Å². The number of primary amides is 1. The summed E-state index contributed by atoms with van der Waals surface area (Å²) in [5.74, 6) is 1.08. The highest BCUT2D eigenvalue weighted by Crippen LogP contribution is 2.33. The molecular weight excluding hydrogens is 294 g/mol. The van der Waals surface area contributed by atoms with Crippen molar-refractivity contribution in [1.29, 1.82) is 0 Å². The molecule has 126 valence electrons. The van der Waals surface area contributed by atoms with Gasteiger partial charge in [-0.05, 0) is 56.2 Å². The fourth-order valence-electron chi connectivity index (χ4n) is 3.69. The number of ether oxygens (including phenoxy) is 1. The molecule has 0 aliphatic carbocycles. The second-order valence-electron chi connectivity index (χ2n) is 6.60. The summed E-state index contributed by atoms with van der Waals surface area (Å²) in [6.45, 7) is 3.84. The van der Waals surface area contributed by atoms with E-state index >= 15 is 0 Å². The molecule has 0 aromatic carbocycles. The molecule has 0 saturated carbocycles. The number of carbonyl (C=O) groups excluding carboxylic acids is 1. The Morgan fingerprint density at radius 1 is 1.35 bits per heavy atom. The predicted octanol–water partition coefficient (Wildman–Crippen LogP) is 1.13. The van der Waals surface area contributed by atoms with Crippen LogP contribution >= 0.6 is 0 Å². The highest BCUT2D eigenvalue weighted by atomic mass is 16.5. The maximum absolute atomic E-state index is 11.2. The summed E-state index contributed by atoms with van der Waals surface area (Å²) in [4.78, 5) is 18.1. The van der Waals surface area contributed by atoms with E-state index in [1.54, 1.807) is 0 Å². The smallest absolute Gasteiger partial charge is 0.246 e. The zero-order chi connectivity index (χ0) is 16.4. The summed E-state index contributed by atoms with van der Waals surface area (Å²) in [5, 5.41) is 9.34. The first-order valence-electron chi connectivity index (χ1n) is 8.35. The van der Waals surface area contributed by atoms with Crippen molar-refractivity contribution in [2.45, 2.75) is 51.4 Å². The van der Waals surface area contributed by atoms with Crippen molar-refractivity contribution < 1.29 is 14.6 Å². The van der Waals surface area contributed by atoms with E-state index in [0.717, 1.165) is 55.8 Å². The fourth-order valence-corrected chi connectivity index (χ4v) is 3.69. The molecule has 2 atom stereocenters. The van der Waals surface area contributed by atoms with Gasteiger partial charge in [0.25, 0.3) is 0 Å². The molecule has 2 saturated heterocycles. The average Bonchev–Trinajstić information content (AvgIpc) is 3.04. The van der Waals surface area contributed by atoms with Crippen molar-refractivity contribution in [3.8, 4) is 0 Å². The van der Waals surface area contributed by atoms with Gasteiger partial charge in [0.05, 0.1) is 12.7 Å². The van der Waals surface area contributed by atoms with Crippen LogP contribution in [0, 0.1) is 12.8 Å². The Balaban J connectivity index is 1.58. The molecule has 23 heavy (non-hydrogen) atoms. The van der Waals surface area contributed by atoms with Crippen LogP contribution in [-0.4, -0.2) is 41.3 Å². The summed E-state index contributed by atoms with van der Waals surface area (Å²) in [6.07, 6.45) is 3.49. The van der Waals surface area contributed by atoms with E-state index in [-0.39, 0.29) is 18.6 Å². The largest absolute Gasteiger partial charge is 0.392 e. The van der Waals surface area contributed by atoms with E-state index in [9.17, 15) is 9.90 Å². The Morgan fingerprint density at radius 2 is 2.09 bits per heavy atom. The Labute approximate surface area is 136 Å². The molecule has 3 heterocycles. The number of anilines is 1. The van der Waals surface area contributed by atoms with Gasteiger partial charge in [-0.3, -0.25) is 4.79 Å². The molecule has 3 rings (SSSR count). The first-order chi connectivity index (χ1) is 11.1. The third-order valence-electron chi connectivity index (χ3n) is 4.94. The van der Waals surface area contributed by atoms with Crippen molar-refractivity contribution in [3.05, 3.63) is 23.4 Å². The molecule has 2 fully saturated rings. The van der Waals surface area contributed by atoms with Gasteiger partial charge in [-0.25, -0.2) is 4.98 Å². The molecule has 1 amide bonds. The molecule has 0 unspecified atom stereocenters. The number of rotatable bonds is 4. The normalized spacial score (nSPS) is 25.7. The number of nitrogens with zero attached hydrogens (tertiary/aromatic N) is 2. The molecule has 3 N–H and O–H groups in total. The van der Waals surface area contributed by atoms with Crippen LogP contribution in [0.25, 0.3) is 0 Å². The maximum Gasteiger partial charge on any atom is 0.246 e.